The maximum atomic E-state index is 12.6. The smallest absolute Gasteiger partial charge is 0.188 e. The molecule has 0 aromatic heterocycles. The van der Waals surface area contributed by atoms with Gasteiger partial charge in [-0.1, -0.05) is 24.6 Å². The van der Waals surface area contributed by atoms with Crippen molar-refractivity contribution in [2.45, 2.75) is 49.2 Å². The summed E-state index contributed by atoms with van der Waals surface area (Å²) in [6, 6.07) is 7.99. The van der Waals surface area contributed by atoms with E-state index in [-0.39, 0.29) is 23.0 Å². The fraction of sp³-hybridized carbons (Fsp3) is 0.500. The van der Waals surface area contributed by atoms with Crippen molar-refractivity contribution in [1.29, 1.82) is 0 Å². The van der Waals surface area contributed by atoms with Crippen molar-refractivity contribution in [3.63, 3.8) is 0 Å². The first-order valence-electron chi connectivity index (χ1n) is 7.25. The highest BCUT2D eigenvalue weighted by molar-refractivity contribution is 7.92. The molecule has 1 fully saturated rings. The number of hydrogen-bond acceptors (Lipinski definition) is 4. The molecule has 0 saturated heterocycles. The van der Waals surface area contributed by atoms with Gasteiger partial charge in [0, 0.05) is 12.3 Å². The predicted molar refractivity (Wildman–Crippen MR) is 79.7 cm³/mol. The number of carbonyl (C=O) groups excluding carboxylic acids is 2. The van der Waals surface area contributed by atoms with Gasteiger partial charge >= 0.3 is 0 Å². The molecule has 0 amide bonds. The standard InChI is InChI=1S/C16H20O4S/c1-12(17)16(11-13-7-5-6-10-15(13)18)21(19,20)14-8-3-2-4-9-14/h2-4,8-9,13,16H,5-7,10-11H2,1H3. The summed E-state index contributed by atoms with van der Waals surface area (Å²) in [6.07, 6.45) is 3.09. The van der Waals surface area contributed by atoms with Crippen LogP contribution >= 0.6 is 0 Å². The molecule has 0 spiro atoms. The number of hydrogen-bond donors (Lipinski definition) is 0. The molecule has 2 unspecified atom stereocenters. The van der Waals surface area contributed by atoms with Gasteiger partial charge in [-0.05, 0) is 38.3 Å². The zero-order valence-electron chi connectivity index (χ0n) is 12.1. The van der Waals surface area contributed by atoms with Crippen LogP contribution in [0.15, 0.2) is 35.2 Å². The Morgan fingerprint density at radius 1 is 1.24 bits per heavy atom. The van der Waals surface area contributed by atoms with E-state index in [2.05, 4.69) is 0 Å². The van der Waals surface area contributed by atoms with Crippen molar-refractivity contribution in [1.82, 2.24) is 0 Å². The first-order chi connectivity index (χ1) is 9.93. The van der Waals surface area contributed by atoms with Crippen LogP contribution in [-0.2, 0) is 19.4 Å². The van der Waals surface area contributed by atoms with Crippen LogP contribution in [0.4, 0.5) is 0 Å². The molecule has 1 aromatic carbocycles. The maximum absolute atomic E-state index is 12.6. The Morgan fingerprint density at radius 2 is 1.90 bits per heavy atom. The van der Waals surface area contributed by atoms with E-state index in [4.69, 9.17) is 0 Å². The molecule has 1 aromatic rings. The van der Waals surface area contributed by atoms with Gasteiger partial charge in [-0.15, -0.1) is 0 Å². The molecule has 4 nitrogen and oxygen atoms in total. The lowest BCUT2D eigenvalue weighted by Gasteiger charge is -2.24. The fourth-order valence-corrected chi connectivity index (χ4v) is 4.64. The van der Waals surface area contributed by atoms with E-state index < -0.39 is 20.9 Å². The summed E-state index contributed by atoms with van der Waals surface area (Å²) >= 11 is 0. The SMILES string of the molecule is CC(=O)C(CC1CCCCC1=O)S(=O)(=O)c1ccccc1. The van der Waals surface area contributed by atoms with Crippen LogP contribution in [0.25, 0.3) is 0 Å². The van der Waals surface area contributed by atoms with Gasteiger partial charge in [-0.3, -0.25) is 9.59 Å². The molecule has 1 saturated carbocycles. The zero-order valence-corrected chi connectivity index (χ0v) is 12.9. The molecule has 0 bridgehead atoms. The highest BCUT2D eigenvalue weighted by Gasteiger charge is 2.36. The second-order valence-electron chi connectivity index (χ2n) is 5.60. The summed E-state index contributed by atoms with van der Waals surface area (Å²) in [6.45, 7) is 1.29. The molecular weight excluding hydrogens is 288 g/mol. The maximum Gasteiger partial charge on any atom is 0.188 e. The summed E-state index contributed by atoms with van der Waals surface area (Å²) in [5, 5.41) is -1.12. The van der Waals surface area contributed by atoms with Crippen molar-refractivity contribution in [3.05, 3.63) is 30.3 Å². The molecule has 5 heteroatoms. The van der Waals surface area contributed by atoms with Gasteiger partial charge < -0.3 is 0 Å². The molecule has 2 rings (SSSR count). The third-order valence-corrected chi connectivity index (χ3v) is 6.28. The van der Waals surface area contributed by atoms with Gasteiger partial charge in [0.05, 0.1) is 4.90 Å². The van der Waals surface area contributed by atoms with Crippen LogP contribution in [0.3, 0.4) is 0 Å². The monoisotopic (exact) mass is 308 g/mol. The summed E-state index contributed by atoms with van der Waals surface area (Å²) in [5.74, 6) is -0.598. The van der Waals surface area contributed by atoms with Crippen LogP contribution in [0.1, 0.15) is 39.0 Å². The van der Waals surface area contributed by atoms with Crippen LogP contribution in [0.2, 0.25) is 0 Å². The van der Waals surface area contributed by atoms with Crippen LogP contribution in [-0.4, -0.2) is 25.2 Å². The van der Waals surface area contributed by atoms with Crippen LogP contribution < -0.4 is 0 Å². The minimum atomic E-state index is -3.72. The lowest BCUT2D eigenvalue weighted by atomic mass is 9.84. The first-order valence-corrected chi connectivity index (χ1v) is 8.79. The molecule has 1 aliphatic rings. The second-order valence-corrected chi connectivity index (χ2v) is 7.73. The number of sulfone groups is 1. The van der Waals surface area contributed by atoms with Gasteiger partial charge in [-0.25, -0.2) is 8.42 Å². The summed E-state index contributed by atoms with van der Waals surface area (Å²) in [7, 11) is -3.72. The van der Waals surface area contributed by atoms with Crippen molar-refractivity contribution >= 4 is 21.4 Å². The lowest BCUT2D eigenvalue weighted by molar-refractivity contribution is -0.125. The van der Waals surface area contributed by atoms with Crippen molar-refractivity contribution < 1.29 is 18.0 Å². The lowest BCUT2D eigenvalue weighted by Crippen LogP contribution is -2.34. The number of benzene rings is 1. The van der Waals surface area contributed by atoms with Gasteiger partial charge in [-0.2, -0.15) is 0 Å². The van der Waals surface area contributed by atoms with E-state index in [0.717, 1.165) is 12.8 Å². The van der Waals surface area contributed by atoms with E-state index >= 15 is 0 Å². The topological polar surface area (TPSA) is 68.3 Å². The summed E-state index contributed by atoms with van der Waals surface area (Å²) in [4.78, 5) is 23.9. The largest absolute Gasteiger partial charge is 0.299 e. The van der Waals surface area contributed by atoms with Crippen molar-refractivity contribution in [3.8, 4) is 0 Å². The highest BCUT2D eigenvalue weighted by atomic mass is 32.2. The first kappa shape index (κ1) is 15.9. The van der Waals surface area contributed by atoms with E-state index in [9.17, 15) is 18.0 Å². The van der Waals surface area contributed by atoms with Gasteiger partial charge in [0.15, 0.2) is 9.84 Å². The van der Waals surface area contributed by atoms with Gasteiger partial charge in [0.25, 0.3) is 0 Å². The Hall–Kier alpha value is -1.49. The summed E-state index contributed by atoms with van der Waals surface area (Å²) in [5.41, 5.74) is 0. The van der Waals surface area contributed by atoms with Gasteiger partial charge in [0.2, 0.25) is 0 Å². The minimum Gasteiger partial charge on any atom is -0.299 e. The molecule has 2 atom stereocenters. The molecule has 21 heavy (non-hydrogen) atoms. The normalized spacial score (nSPS) is 21.0. The molecule has 1 aliphatic carbocycles. The predicted octanol–water partition coefficient (Wildman–Crippen LogP) is 2.57. The Kier molecular flexibility index (Phi) is 4.93. The van der Waals surface area contributed by atoms with Crippen molar-refractivity contribution in [2.24, 2.45) is 5.92 Å². The average Bonchev–Trinajstić information content (AvgIpc) is 2.46. The Bertz CT molecular complexity index is 619. The van der Waals surface area contributed by atoms with E-state index in [0.29, 0.717) is 12.8 Å². The number of Topliss-reactive ketones (excluding diaryl/α,β-unsaturated/α-hetero) is 2. The fourth-order valence-electron chi connectivity index (χ4n) is 2.85. The zero-order chi connectivity index (χ0) is 15.5. The van der Waals surface area contributed by atoms with Crippen LogP contribution in [0.5, 0.6) is 0 Å². The van der Waals surface area contributed by atoms with E-state index in [1.165, 1.54) is 19.1 Å². The third-order valence-electron chi connectivity index (χ3n) is 4.08. The molecule has 0 N–H and O–H groups in total. The Labute approximate surface area is 125 Å². The number of carbonyl (C=O) groups is 2. The second kappa shape index (κ2) is 6.52. The van der Waals surface area contributed by atoms with E-state index in [1.54, 1.807) is 18.2 Å². The van der Waals surface area contributed by atoms with Gasteiger partial charge in [0.1, 0.15) is 16.8 Å². The molecule has 0 aliphatic heterocycles. The quantitative estimate of drug-likeness (QED) is 0.838. The molecular formula is C16H20O4S. The molecule has 114 valence electrons. The van der Waals surface area contributed by atoms with E-state index in [1.807, 2.05) is 0 Å². The average molecular weight is 308 g/mol. The summed E-state index contributed by atoms with van der Waals surface area (Å²) < 4.78 is 25.2. The minimum absolute atomic E-state index is 0.0933. The third kappa shape index (κ3) is 3.59. The number of ketones is 2. The molecule has 0 radical (unpaired) electrons. The highest BCUT2D eigenvalue weighted by Crippen LogP contribution is 2.29. The van der Waals surface area contributed by atoms with Crippen molar-refractivity contribution in [2.75, 3.05) is 0 Å². The van der Waals surface area contributed by atoms with Crippen LogP contribution in [0, 0.1) is 5.92 Å². The Balaban J connectivity index is 2.27. The number of rotatable bonds is 5. The molecule has 0 heterocycles. The Morgan fingerprint density at radius 3 is 2.48 bits per heavy atom.